The topological polar surface area (TPSA) is 157 Å². The number of aromatic hydroxyl groups is 1. The number of nitrogens with zero attached hydrogens (tertiary/aromatic N) is 3. The number of hydrogen-bond acceptors (Lipinski definition) is 8. The number of nitrogens with one attached hydrogen (secondary N) is 1. The van der Waals surface area contributed by atoms with Crippen LogP contribution in [0.15, 0.2) is 60.3 Å². The number of benzene rings is 2. The van der Waals surface area contributed by atoms with Gasteiger partial charge in [0, 0.05) is 30.1 Å². The van der Waals surface area contributed by atoms with Gasteiger partial charge in [-0.1, -0.05) is 59.1 Å². The molecule has 11 nitrogen and oxygen atoms in total. The molecule has 0 unspecified atom stereocenters. The highest BCUT2D eigenvalue weighted by Gasteiger charge is 2.70. The second kappa shape index (κ2) is 13.4. The van der Waals surface area contributed by atoms with Gasteiger partial charge in [0.15, 0.2) is 5.82 Å². The molecule has 54 heavy (non-hydrogen) atoms. The zero-order valence-electron chi connectivity index (χ0n) is 28.8. The summed E-state index contributed by atoms with van der Waals surface area (Å²) in [6, 6.07) is 10.4. The fourth-order valence-corrected chi connectivity index (χ4v) is 9.32. The second-order valence-electron chi connectivity index (χ2n) is 14.2. The number of carbonyl (C=O) groups excluding carboxylic acids is 4. The number of hydrogen-bond donors (Lipinski definition) is 3. The predicted molar refractivity (Wildman–Crippen MR) is 188 cm³/mol. The molecule has 3 N–H and O–H groups in total. The number of aliphatic carboxylic acids is 1. The maximum absolute atomic E-state index is 15.3. The molecular formula is C38H33Cl2F3N4O7. The Balaban J connectivity index is 1.41. The van der Waals surface area contributed by atoms with Crippen molar-refractivity contribution in [1.29, 1.82) is 0 Å². The number of phenolic OH excluding ortho intramolecular Hbond substituents is 1. The van der Waals surface area contributed by atoms with Crippen LogP contribution >= 0.6 is 23.2 Å². The quantitative estimate of drug-likeness (QED) is 0.170. The van der Waals surface area contributed by atoms with Gasteiger partial charge in [0.2, 0.25) is 11.8 Å². The van der Waals surface area contributed by atoms with Gasteiger partial charge in [-0.25, -0.2) is 4.98 Å². The van der Waals surface area contributed by atoms with Crippen molar-refractivity contribution in [2.24, 2.45) is 23.7 Å². The van der Waals surface area contributed by atoms with E-state index in [0.29, 0.717) is 50.1 Å². The molecule has 7 rings (SSSR count). The number of likely N-dealkylation sites (tertiary alicyclic amines) is 1. The lowest BCUT2D eigenvalue weighted by Crippen LogP contribution is -2.53. The smallest absolute Gasteiger partial charge is 0.417 e. The minimum atomic E-state index is -4.76. The van der Waals surface area contributed by atoms with Crippen LogP contribution < -0.4 is 5.43 Å². The average molecular weight is 786 g/mol. The van der Waals surface area contributed by atoms with Crippen molar-refractivity contribution in [2.75, 3.05) is 12.0 Å². The molecule has 4 aliphatic rings. The molecule has 1 aromatic heterocycles. The van der Waals surface area contributed by atoms with Gasteiger partial charge in [0.1, 0.15) is 5.75 Å². The first-order valence-corrected chi connectivity index (χ1v) is 17.9. The predicted octanol–water partition coefficient (Wildman–Crippen LogP) is 6.58. The van der Waals surface area contributed by atoms with E-state index in [-0.39, 0.29) is 43.8 Å². The summed E-state index contributed by atoms with van der Waals surface area (Å²) in [4.78, 5) is 74.0. The van der Waals surface area contributed by atoms with Gasteiger partial charge >= 0.3 is 12.1 Å². The molecule has 0 bridgehead atoms. The molecule has 4 amide bonds. The normalized spacial score (nSPS) is 26.4. The maximum Gasteiger partial charge on any atom is 0.417 e. The summed E-state index contributed by atoms with van der Waals surface area (Å²) in [5.41, 5.74) is 2.26. The number of anilines is 1. The van der Waals surface area contributed by atoms with Crippen molar-refractivity contribution in [2.45, 2.75) is 57.0 Å². The van der Waals surface area contributed by atoms with Crippen LogP contribution in [-0.2, 0) is 35.6 Å². The van der Waals surface area contributed by atoms with Gasteiger partial charge in [0.25, 0.3) is 11.8 Å². The first-order valence-electron chi connectivity index (χ1n) is 17.2. The van der Waals surface area contributed by atoms with Crippen LogP contribution in [0, 0.1) is 37.5 Å². The summed E-state index contributed by atoms with van der Waals surface area (Å²) in [5, 5.41) is 20.5. The molecule has 2 aliphatic heterocycles. The van der Waals surface area contributed by atoms with E-state index in [9.17, 15) is 37.5 Å². The monoisotopic (exact) mass is 784 g/mol. The number of aromatic nitrogens is 1. The summed E-state index contributed by atoms with van der Waals surface area (Å²) in [5.74, 6) is -8.45. The summed E-state index contributed by atoms with van der Waals surface area (Å²) in [6.07, 6.45) is -2.51. The van der Waals surface area contributed by atoms with Crippen molar-refractivity contribution < 1.29 is 47.4 Å². The van der Waals surface area contributed by atoms with Gasteiger partial charge in [-0.15, -0.1) is 0 Å². The van der Waals surface area contributed by atoms with E-state index in [4.69, 9.17) is 28.3 Å². The Morgan fingerprint density at radius 2 is 1.67 bits per heavy atom. The van der Waals surface area contributed by atoms with Crippen LogP contribution in [0.2, 0.25) is 10.0 Å². The average Bonchev–Trinajstić information content (AvgIpc) is 3.48. The number of hydrazine groups is 1. The Morgan fingerprint density at radius 1 is 1.00 bits per heavy atom. The van der Waals surface area contributed by atoms with E-state index in [0.717, 1.165) is 4.90 Å². The molecular weight excluding hydrogens is 752 g/mol. The Bertz CT molecular complexity index is 2140. The number of imide groups is 2. The van der Waals surface area contributed by atoms with Crippen LogP contribution in [0.3, 0.4) is 0 Å². The first-order chi connectivity index (χ1) is 25.5. The van der Waals surface area contributed by atoms with Crippen molar-refractivity contribution in [1.82, 2.24) is 14.9 Å². The van der Waals surface area contributed by atoms with Crippen molar-refractivity contribution in [3.05, 3.63) is 98.2 Å². The molecule has 3 fully saturated rings. The Labute approximate surface area is 316 Å². The van der Waals surface area contributed by atoms with Gasteiger partial charge in [-0.3, -0.25) is 34.3 Å². The number of phenols is 1. The lowest BCUT2D eigenvalue weighted by Gasteiger charge is -2.50. The van der Waals surface area contributed by atoms with Crippen molar-refractivity contribution in [3.63, 3.8) is 0 Å². The number of carbonyl (C=O) groups is 5. The van der Waals surface area contributed by atoms with E-state index in [1.807, 2.05) is 6.08 Å². The Hall–Kier alpha value is -4.95. The first kappa shape index (κ1) is 37.4. The SMILES string of the molecule is Cc1cc([C@H]2C3=CC[C@@H]4C(=O)N(CCCC(=O)O)C(=O)[C@@H]4[C@@H]3C[C@H]3C(=O)N(Nc4ncc(C(F)(F)F)cc4Cl)C(=O)[C@@]23c2ccc(Cl)cc2)cc(C)c1O. The van der Waals surface area contributed by atoms with E-state index >= 15 is 4.79 Å². The summed E-state index contributed by atoms with van der Waals surface area (Å²) in [6.45, 7) is 3.28. The molecule has 3 aromatic rings. The van der Waals surface area contributed by atoms with E-state index in [1.165, 1.54) is 0 Å². The number of carboxylic acids is 1. The van der Waals surface area contributed by atoms with Crippen LogP contribution in [0.4, 0.5) is 19.0 Å². The number of halogens is 5. The molecule has 2 saturated heterocycles. The van der Waals surface area contributed by atoms with E-state index in [2.05, 4.69) is 10.4 Å². The fraction of sp³-hybridized carbons (Fsp3) is 0.368. The van der Waals surface area contributed by atoms with Gasteiger partial charge in [-0.05, 0) is 79.5 Å². The molecule has 2 aliphatic carbocycles. The number of amides is 4. The highest BCUT2D eigenvalue weighted by molar-refractivity contribution is 6.33. The molecule has 0 spiro atoms. The summed E-state index contributed by atoms with van der Waals surface area (Å²) in [7, 11) is 0. The number of fused-ring (bicyclic) bond motifs is 4. The largest absolute Gasteiger partial charge is 0.507 e. The van der Waals surface area contributed by atoms with Crippen molar-refractivity contribution >= 4 is 58.6 Å². The molecule has 3 heterocycles. The number of allylic oxidation sites excluding steroid dienone is 2. The maximum atomic E-state index is 15.3. The Kier molecular flexibility index (Phi) is 9.28. The van der Waals surface area contributed by atoms with Crippen LogP contribution in [0.5, 0.6) is 5.75 Å². The third-order valence-electron chi connectivity index (χ3n) is 11.3. The third kappa shape index (κ3) is 5.81. The molecule has 0 radical (unpaired) electrons. The van der Waals surface area contributed by atoms with Gasteiger partial charge in [0.05, 0.1) is 33.8 Å². The zero-order chi connectivity index (χ0) is 39.0. The van der Waals surface area contributed by atoms with E-state index < -0.39 is 81.4 Å². The van der Waals surface area contributed by atoms with Crippen LogP contribution in [-0.4, -0.2) is 61.2 Å². The Morgan fingerprint density at radius 3 is 2.28 bits per heavy atom. The second-order valence-corrected chi connectivity index (χ2v) is 15.1. The standard InChI is InChI=1S/C38H33Cl2F3N4O7/c1-17-12-19(13-18(2)31(17)50)30-23-9-10-24-29(35(53)46(33(24)51)11-3-4-28(48)49)25(23)15-26-34(52)47(36(54)37(26,30)20-5-7-22(39)8-6-20)45-32-27(40)14-21(16-44-32)38(41,42)43/h5-9,12-14,16,24-26,29-30,50H,3-4,10-11,15H2,1-2H3,(H,44,45)(H,48,49)/t24-,25+,26-,29-,30-,37+/m0/s1. The summed E-state index contributed by atoms with van der Waals surface area (Å²) >= 11 is 12.5. The number of carboxylic acid groups (broad SMARTS) is 1. The van der Waals surface area contributed by atoms with Crippen LogP contribution in [0.25, 0.3) is 0 Å². The highest BCUT2D eigenvalue weighted by atomic mass is 35.5. The number of pyridine rings is 1. The lowest BCUT2D eigenvalue weighted by molar-refractivity contribution is -0.142. The zero-order valence-corrected chi connectivity index (χ0v) is 30.3. The number of alkyl halides is 3. The molecule has 2 aromatic carbocycles. The minimum absolute atomic E-state index is 0.0228. The van der Waals surface area contributed by atoms with E-state index in [1.54, 1.807) is 50.2 Å². The van der Waals surface area contributed by atoms with Gasteiger partial charge < -0.3 is 10.2 Å². The summed E-state index contributed by atoms with van der Waals surface area (Å²) < 4.78 is 40.3. The minimum Gasteiger partial charge on any atom is -0.507 e. The lowest BCUT2D eigenvalue weighted by atomic mass is 9.49. The highest BCUT2D eigenvalue weighted by Crippen LogP contribution is 2.64. The number of rotatable bonds is 8. The third-order valence-corrected chi connectivity index (χ3v) is 11.8. The van der Waals surface area contributed by atoms with Crippen molar-refractivity contribution in [3.8, 4) is 5.75 Å². The molecule has 282 valence electrons. The fourth-order valence-electron chi connectivity index (χ4n) is 8.99. The van der Waals surface area contributed by atoms with Crippen LogP contribution in [0.1, 0.15) is 59.4 Å². The molecule has 16 heteroatoms. The number of aryl methyl sites for hydroxylation is 2. The van der Waals surface area contributed by atoms with Gasteiger partial charge in [-0.2, -0.15) is 18.2 Å². The molecule has 1 saturated carbocycles. The molecule has 6 atom stereocenters.